The molecule has 0 unspecified atom stereocenters. The van der Waals surface area contributed by atoms with E-state index in [0.29, 0.717) is 16.0 Å². The molecule has 0 fully saturated rings. The van der Waals surface area contributed by atoms with Gasteiger partial charge in [0.05, 0.1) is 5.56 Å². The van der Waals surface area contributed by atoms with Crippen molar-refractivity contribution >= 4 is 11.5 Å². The number of benzene rings is 1. The monoisotopic (exact) mass is 164 g/mol. The Morgan fingerprint density at radius 3 is 2.33 bits per heavy atom. The van der Waals surface area contributed by atoms with Gasteiger partial charge in [-0.05, 0) is 13.0 Å². The van der Waals surface area contributed by atoms with Crippen molar-refractivity contribution in [2.45, 2.75) is 6.92 Å². The van der Waals surface area contributed by atoms with Gasteiger partial charge >= 0.3 is 0 Å². The number of hydrogen-bond acceptors (Lipinski definition) is 2. The Bertz CT molecular complexity index is 298. The van der Waals surface area contributed by atoms with Gasteiger partial charge in [-0.25, -0.2) is 0 Å². The average molecular weight is 164 g/mol. The van der Waals surface area contributed by atoms with Crippen molar-refractivity contribution in [3.05, 3.63) is 34.7 Å². The highest BCUT2D eigenvalue weighted by molar-refractivity contribution is 5.97. The Morgan fingerprint density at radius 2 is 1.92 bits per heavy atom. The number of ketones is 1. The van der Waals surface area contributed by atoms with Crippen LogP contribution in [0.25, 0.3) is 0 Å². The fourth-order valence-electron chi connectivity index (χ4n) is 1.05. The van der Waals surface area contributed by atoms with Crippen LogP contribution >= 0.6 is 0 Å². The quantitative estimate of drug-likeness (QED) is 0.494. The van der Waals surface area contributed by atoms with Crippen molar-refractivity contribution in [2.75, 3.05) is 7.05 Å². The highest BCUT2D eigenvalue weighted by atomic mass is 16.3. The number of rotatable bonds is 2. The summed E-state index contributed by atoms with van der Waals surface area (Å²) in [5.74, 6) is -0.0895. The Morgan fingerprint density at radius 1 is 1.33 bits per heavy atom. The second-order valence-corrected chi connectivity index (χ2v) is 2.57. The standard InChI is InChI=1S/C9H10NO2/c1-7(11)8-5-3-4-6-9(8)10(2)12/h3-6H,1-2H3/q+1. The smallest absolute Gasteiger partial charge is 0.266 e. The van der Waals surface area contributed by atoms with Crippen LogP contribution in [0.3, 0.4) is 0 Å². The van der Waals surface area contributed by atoms with Gasteiger partial charge in [-0.15, -0.1) is 0 Å². The van der Waals surface area contributed by atoms with E-state index < -0.39 is 0 Å². The van der Waals surface area contributed by atoms with E-state index in [2.05, 4.69) is 0 Å². The van der Waals surface area contributed by atoms with E-state index in [-0.39, 0.29) is 5.78 Å². The summed E-state index contributed by atoms with van der Waals surface area (Å²) in [5.41, 5.74) is 0.889. The maximum Gasteiger partial charge on any atom is 0.266 e. The first-order valence-corrected chi connectivity index (χ1v) is 3.63. The SMILES string of the molecule is CC(=O)c1ccccc1[N+](C)=O. The van der Waals surface area contributed by atoms with Gasteiger partial charge in [-0.3, -0.25) is 4.79 Å². The zero-order chi connectivity index (χ0) is 9.14. The summed E-state index contributed by atoms with van der Waals surface area (Å²) < 4.78 is 0.691. The molecular weight excluding hydrogens is 154 g/mol. The summed E-state index contributed by atoms with van der Waals surface area (Å²) >= 11 is 0. The molecule has 12 heavy (non-hydrogen) atoms. The molecule has 0 aliphatic heterocycles. The summed E-state index contributed by atoms with van der Waals surface area (Å²) in [7, 11) is 1.38. The third-order valence-electron chi connectivity index (χ3n) is 1.62. The van der Waals surface area contributed by atoms with Gasteiger partial charge in [-0.1, -0.05) is 12.1 Å². The van der Waals surface area contributed by atoms with Crippen LogP contribution in [0.5, 0.6) is 0 Å². The molecule has 0 radical (unpaired) electrons. The fraction of sp³-hybridized carbons (Fsp3) is 0.222. The minimum absolute atomic E-state index is 0.0895. The molecule has 0 saturated heterocycles. The Hall–Kier alpha value is -1.51. The van der Waals surface area contributed by atoms with Crippen LogP contribution in [0.1, 0.15) is 17.3 Å². The van der Waals surface area contributed by atoms with Crippen molar-refractivity contribution < 1.29 is 9.55 Å². The maximum absolute atomic E-state index is 11.0. The van der Waals surface area contributed by atoms with E-state index in [0.717, 1.165) is 0 Å². The summed E-state index contributed by atoms with van der Waals surface area (Å²) in [6.07, 6.45) is 0. The van der Waals surface area contributed by atoms with E-state index in [1.165, 1.54) is 14.0 Å². The topological polar surface area (TPSA) is 37.1 Å². The predicted molar refractivity (Wildman–Crippen MR) is 45.7 cm³/mol. The zero-order valence-electron chi connectivity index (χ0n) is 7.07. The molecule has 3 nitrogen and oxygen atoms in total. The summed E-state index contributed by atoms with van der Waals surface area (Å²) in [5, 5.41) is 0. The van der Waals surface area contributed by atoms with E-state index in [1.807, 2.05) is 0 Å². The molecular formula is C9H10NO2+. The lowest BCUT2D eigenvalue weighted by Crippen LogP contribution is -2.00. The minimum atomic E-state index is -0.0895. The van der Waals surface area contributed by atoms with E-state index in [1.54, 1.807) is 24.3 Å². The van der Waals surface area contributed by atoms with E-state index >= 15 is 0 Å². The van der Waals surface area contributed by atoms with Crippen LogP contribution in [0.4, 0.5) is 5.69 Å². The molecule has 62 valence electrons. The van der Waals surface area contributed by atoms with Gasteiger partial charge in [0.1, 0.15) is 0 Å². The second-order valence-electron chi connectivity index (χ2n) is 2.57. The van der Waals surface area contributed by atoms with Gasteiger partial charge < -0.3 is 0 Å². The van der Waals surface area contributed by atoms with Crippen LogP contribution in [0, 0.1) is 4.91 Å². The molecule has 0 bridgehead atoms. The van der Waals surface area contributed by atoms with E-state index in [9.17, 15) is 9.70 Å². The van der Waals surface area contributed by atoms with Crippen LogP contribution < -0.4 is 0 Å². The van der Waals surface area contributed by atoms with Gasteiger partial charge in [0, 0.05) is 15.7 Å². The van der Waals surface area contributed by atoms with Gasteiger partial charge in [0.25, 0.3) is 5.69 Å². The molecule has 0 heterocycles. The minimum Gasteiger partial charge on any atom is -0.294 e. The number of hydrogen-bond donors (Lipinski definition) is 0. The molecule has 0 aromatic heterocycles. The molecule has 1 rings (SSSR count). The van der Waals surface area contributed by atoms with Crippen LogP contribution in [0.15, 0.2) is 24.3 Å². The third kappa shape index (κ3) is 1.56. The van der Waals surface area contributed by atoms with Gasteiger partial charge in [0.15, 0.2) is 12.8 Å². The zero-order valence-corrected chi connectivity index (χ0v) is 7.07. The summed E-state index contributed by atoms with van der Waals surface area (Å²) in [4.78, 5) is 21.9. The number of carbonyl (C=O) groups excluding carboxylic acids is 1. The number of para-hydroxylation sites is 1. The van der Waals surface area contributed by atoms with E-state index in [4.69, 9.17) is 0 Å². The Kier molecular flexibility index (Phi) is 2.33. The number of nitroso groups, excluding NO2 is 1. The first kappa shape index (κ1) is 8.59. The lowest BCUT2D eigenvalue weighted by atomic mass is 10.1. The van der Waals surface area contributed by atoms with Crippen molar-refractivity contribution in [2.24, 2.45) is 0 Å². The maximum atomic E-state index is 11.0. The largest absolute Gasteiger partial charge is 0.294 e. The number of carbonyl (C=O) groups is 1. The van der Waals surface area contributed by atoms with Crippen LogP contribution in [0.2, 0.25) is 0 Å². The van der Waals surface area contributed by atoms with Gasteiger partial charge in [-0.2, -0.15) is 0 Å². The Labute approximate surface area is 70.6 Å². The molecule has 1 aromatic carbocycles. The normalized spacial score (nSPS) is 9.50. The van der Waals surface area contributed by atoms with Crippen molar-refractivity contribution in [1.29, 1.82) is 0 Å². The molecule has 0 spiro atoms. The highest BCUT2D eigenvalue weighted by Gasteiger charge is 2.15. The lowest BCUT2D eigenvalue weighted by Gasteiger charge is -1.94. The molecule has 3 heteroatoms. The number of Topliss-reactive ketones (excluding diaryl/α,β-unsaturated/α-hetero) is 1. The molecule has 0 saturated carbocycles. The summed E-state index contributed by atoms with van der Waals surface area (Å²) in [6, 6.07) is 6.75. The Balaban J connectivity index is 3.27. The lowest BCUT2D eigenvalue weighted by molar-refractivity contribution is -0.428. The van der Waals surface area contributed by atoms with Crippen molar-refractivity contribution in [3.63, 3.8) is 0 Å². The second kappa shape index (κ2) is 3.26. The van der Waals surface area contributed by atoms with Gasteiger partial charge in [0.2, 0.25) is 0 Å². The van der Waals surface area contributed by atoms with Crippen molar-refractivity contribution in [1.82, 2.24) is 0 Å². The van der Waals surface area contributed by atoms with Crippen molar-refractivity contribution in [3.8, 4) is 0 Å². The third-order valence-corrected chi connectivity index (χ3v) is 1.62. The van der Waals surface area contributed by atoms with Crippen LogP contribution in [-0.2, 0) is 0 Å². The number of nitrogens with zero attached hydrogens (tertiary/aromatic N) is 1. The first-order chi connectivity index (χ1) is 5.63. The molecule has 0 atom stereocenters. The molecule has 1 aromatic rings. The molecule has 0 aliphatic carbocycles. The molecule has 0 aliphatic rings. The summed E-state index contributed by atoms with van der Waals surface area (Å²) in [6.45, 7) is 1.45. The van der Waals surface area contributed by atoms with Crippen LogP contribution in [-0.4, -0.2) is 17.6 Å². The first-order valence-electron chi connectivity index (χ1n) is 3.63. The molecule has 0 N–H and O–H groups in total. The predicted octanol–water partition coefficient (Wildman–Crippen LogP) is 1.93. The fourth-order valence-corrected chi connectivity index (χ4v) is 1.05. The average Bonchev–Trinajstić information content (AvgIpc) is 2.04. The molecule has 0 amide bonds. The highest BCUT2D eigenvalue weighted by Crippen LogP contribution is 2.16.